The smallest absolute Gasteiger partial charge is 0.242 e. The number of methoxy groups -OCH3 is 1. The number of sulfonamides is 1. The highest BCUT2D eigenvalue weighted by Gasteiger charge is 2.16. The lowest BCUT2D eigenvalue weighted by Gasteiger charge is -2.09. The Morgan fingerprint density at radius 3 is 2.67 bits per heavy atom. The number of rotatable bonds is 7. The second-order valence-corrected chi connectivity index (χ2v) is 5.87. The Labute approximate surface area is 108 Å². The maximum Gasteiger partial charge on any atom is 0.242 e. The number of hydrogen-bond acceptors (Lipinski definition) is 4. The summed E-state index contributed by atoms with van der Waals surface area (Å²) in [5.41, 5.74) is 6.93. The summed E-state index contributed by atoms with van der Waals surface area (Å²) in [6, 6.07) is 4.91. The van der Waals surface area contributed by atoms with E-state index in [9.17, 15) is 8.42 Å². The number of unbranched alkanes of at least 4 members (excludes halogenated alkanes) is 1. The monoisotopic (exact) mass is 272 g/mol. The van der Waals surface area contributed by atoms with Crippen LogP contribution in [0, 0.1) is 6.92 Å². The van der Waals surface area contributed by atoms with Crippen LogP contribution in [0.3, 0.4) is 0 Å². The van der Waals surface area contributed by atoms with E-state index < -0.39 is 10.0 Å². The minimum absolute atomic E-state index is 0.139. The van der Waals surface area contributed by atoms with Crippen LogP contribution in [0.4, 0.5) is 5.69 Å². The van der Waals surface area contributed by atoms with Crippen molar-refractivity contribution in [2.75, 3.05) is 26.0 Å². The van der Waals surface area contributed by atoms with Gasteiger partial charge in [-0.2, -0.15) is 0 Å². The molecule has 0 saturated heterocycles. The first kappa shape index (κ1) is 14.9. The Morgan fingerprint density at radius 2 is 2.06 bits per heavy atom. The summed E-state index contributed by atoms with van der Waals surface area (Å²) in [7, 11) is -1.89. The van der Waals surface area contributed by atoms with Gasteiger partial charge in [0, 0.05) is 20.3 Å². The molecule has 0 spiro atoms. The number of nitrogens with two attached hydrogens (primary N) is 1. The Kier molecular flexibility index (Phi) is 5.58. The first-order chi connectivity index (χ1) is 8.47. The minimum atomic E-state index is -3.51. The van der Waals surface area contributed by atoms with Gasteiger partial charge in [0.25, 0.3) is 0 Å². The molecule has 1 aromatic carbocycles. The molecule has 1 aromatic rings. The van der Waals surface area contributed by atoms with Crippen molar-refractivity contribution in [1.82, 2.24) is 4.72 Å². The molecule has 0 atom stereocenters. The molecule has 0 amide bonds. The Hall–Kier alpha value is -1.11. The Morgan fingerprint density at radius 1 is 1.33 bits per heavy atom. The van der Waals surface area contributed by atoms with Crippen molar-refractivity contribution in [2.45, 2.75) is 24.7 Å². The third kappa shape index (κ3) is 4.29. The second-order valence-electron chi connectivity index (χ2n) is 4.14. The average molecular weight is 272 g/mol. The molecule has 0 aliphatic heterocycles. The van der Waals surface area contributed by atoms with E-state index in [0.717, 1.165) is 18.4 Å². The fourth-order valence-electron chi connectivity index (χ4n) is 1.57. The third-order valence-electron chi connectivity index (χ3n) is 2.52. The van der Waals surface area contributed by atoms with E-state index in [1.54, 1.807) is 19.2 Å². The maximum absolute atomic E-state index is 12.0. The zero-order chi connectivity index (χ0) is 13.6. The fraction of sp³-hybridized carbons (Fsp3) is 0.500. The van der Waals surface area contributed by atoms with Gasteiger partial charge in [-0.1, -0.05) is 6.07 Å². The highest BCUT2D eigenvalue weighted by atomic mass is 32.2. The van der Waals surface area contributed by atoms with Crippen LogP contribution in [0.1, 0.15) is 18.4 Å². The van der Waals surface area contributed by atoms with Gasteiger partial charge in [0.2, 0.25) is 10.0 Å². The number of nitrogens with one attached hydrogen (secondary N) is 1. The van der Waals surface area contributed by atoms with Crippen molar-refractivity contribution in [1.29, 1.82) is 0 Å². The molecule has 0 aliphatic rings. The fourth-order valence-corrected chi connectivity index (χ4v) is 2.75. The summed E-state index contributed by atoms with van der Waals surface area (Å²) >= 11 is 0. The van der Waals surface area contributed by atoms with E-state index in [-0.39, 0.29) is 10.6 Å². The summed E-state index contributed by atoms with van der Waals surface area (Å²) in [4.78, 5) is 0.139. The third-order valence-corrected chi connectivity index (χ3v) is 4.06. The molecule has 0 unspecified atom stereocenters. The zero-order valence-corrected chi connectivity index (χ0v) is 11.6. The summed E-state index contributed by atoms with van der Waals surface area (Å²) < 4.78 is 31.4. The number of nitrogen functional groups attached to an aromatic ring is 1. The molecular formula is C12H20N2O3S. The molecular weight excluding hydrogens is 252 g/mol. The maximum atomic E-state index is 12.0. The highest BCUT2D eigenvalue weighted by molar-refractivity contribution is 7.89. The minimum Gasteiger partial charge on any atom is -0.398 e. The van der Waals surface area contributed by atoms with Crippen molar-refractivity contribution in [3.8, 4) is 0 Å². The van der Waals surface area contributed by atoms with Gasteiger partial charge in [-0.05, 0) is 37.5 Å². The summed E-state index contributed by atoms with van der Waals surface area (Å²) in [6.45, 7) is 2.89. The van der Waals surface area contributed by atoms with E-state index in [0.29, 0.717) is 13.2 Å². The zero-order valence-electron chi connectivity index (χ0n) is 10.8. The molecule has 0 bridgehead atoms. The van der Waals surface area contributed by atoms with Gasteiger partial charge in [-0.15, -0.1) is 0 Å². The molecule has 6 heteroatoms. The number of benzene rings is 1. The molecule has 0 saturated carbocycles. The molecule has 0 fully saturated rings. The van der Waals surface area contributed by atoms with Gasteiger partial charge in [0.1, 0.15) is 4.90 Å². The quantitative estimate of drug-likeness (QED) is 0.579. The summed E-state index contributed by atoms with van der Waals surface area (Å²) in [6.07, 6.45) is 1.56. The van der Waals surface area contributed by atoms with Crippen LogP contribution >= 0.6 is 0 Å². The largest absolute Gasteiger partial charge is 0.398 e. The van der Waals surface area contributed by atoms with E-state index in [4.69, 9.17) is 10.5 Å². The summed E-state index contributed by atoms with van der Waals surface area (Å²) in [5, 5.41) is 0. The lowest BCUT2D eigenvalue weighted by Crippen LogP contribution is -2.25. The van der Waals surface area contributed by atoms with Gasteiger partial charge >= 0.3 is 0 Å². The standard InChI is InChI=1S/C12H20N2O3S/c1-10-5-6-12(11(13)9-10)18(15,16)14-7-3-4-8-17-2/h5-6,9,14H,3-4,7-8,13H2,1-2H3. The lowest BCUT2D eigenvalue weighted by molar-refractivity contribution is 0.193. The van der Waals surface area contributed by atoms with E-state index in [1.165, 1.54) is 6.07 Å². The molecule has 3 N–H and O–H groups in total. The van der Waals surface area contributed by atoms with Crippen molar-refractivity contribution in [3.05, 3.63) is 23.8 Å². The van der Waals surface area contributed by atoms with Crippen LogP contribution in [-0.2, 0) is 14.8 Å². The van der Waals surface area contributed by atoms with Gasteiger partial charge in [-0.3, -0.25) is 0 Å². The first-order valence-electron chi connectivity index (χ1n) is 5.82. The molecule has 0 aromatic heterocycles. The summed E-state index contributed by atoms with van der Waals surface area (Å²) in [5.74, 6) is 0. The SMILES string of the molecule is COCCCCNS(=O)(=O)c1ccc(C)cc1N. The van der Waals surface area contributed by atoms with Crippen molar-refractivity contribution in [3.63, 3.8) is 0 Å². The predicted octanol–water partition coefficient (Wildman–Crippen LogP) is 1.28. The van der Waals surface area contributed by atoms with Gasteiger partial charge in [-0.25, -0.2) is 13.1 Å². The molecule has 5 nitrogen and oxygen atoms in total. The topological polar surface area (TPSA) is 81.4 Å². The highest BCUT2D eigenvalue weighted by Crippen LogP contribution is 2.19. The average Bonchev–Trinajstić information content (AvgIpc) is 2.28. The van der Waals surface area contributed by atoms with Gasteiger partial charge in [0.15, 0.2) is 0 Å². The Bertz CT molecular complexity index is 486. The van der Waals surface area contributed by atoms with Gasteiger partial charge in [0.05, 0.1) is 5.69 Å². The van der Waals surface area contributed by atoms with Crippen LogP contribution in [0.2, 0.25) is 0 Å². The molecule has 18 heavy (non-hydrogen) atoms. The van der Waals surface area contributed by atoms with Crippen LogP contribution in [0.15, 0.2) is 23.1 Å². The number of aryl methyl sites for hydroxylation is 1. The molecule has 0 radical (unpaired) electrons. The molecule has 1 rings (SSSR count). The van der Waals surface area contributed by atoms with Crippen molar-refractivity contribution in [2.24, 2.45) is 0 Å². The number of hydrogen-bond donors (Lipinski definition) is 2. The predicted molar refractivity (Wildman–Crippen MR) is 71.9 cm³/mol. The van der Waals surface area contributed by atoms with Crippen LogP contribution in [-0.4, -0.2) is 28.7 Å². The van der Waals surface area contributed by atoms with Crippen LogP contribution in [0.25, 0.3) is 0 Å². The molecule has 0 aliphatic carbocycles. The van der Waals surface area contributed by atoms with Gasteiger partial charge < -0.3 is 10.5 Å². The van der Waals surface area contributed by atoms with Crippen molar-refractivity contribution < 1.29 is 13.2 Å². The van der Waals surface area contributed by atoms with E-state index >= 15 is 0 Å². The van der Waals surface area contributed by atoms with Crippen LogP contribution in [0.5, 0.6) is 0 Å². The molecule has 0 heterocycles. The van der Waals surface area contributed by atoms with E-state index in [1.807, 2.05) is 6.92 Å². The number of ether oxygens (including phenoxy) is 1. The second kappa shape index (κ2) is 6.72. The molecule has 102 valence electrons. The first-order valence-corrected chi connectivity index (χ1v) is 7.30. The van der Waals surface area contributed by atoms with Crippen LogP contribution < -0.4 is 10.5 Å². The Balaban J connectivity index is 2.63. The number of anilines is 1. The normalized spacial score (nSPS) is 11.7. The van der Waals surface area contributed by atoms with E-state index in [2.05, 4.69) is 4.72 Å². The lowest BCUT2D eigenvalue weighted by atomic mass is 10.2. The van der Waals surface area contributed by atoms with Crippen molar-refractivity contribution >= 4 is 15.7 Å².